The van der Waals surface area contributed by atoms with Crippen molar-refractivity contribution in [1.29, 1.82) is 0 Å². The van der Waals surface area contributed by atoms with E-state index < -0.39 is 0 Å². The van der Waals surface area contributed by atoms with E-state index >= 15 is 0 Å². The van der Waals surface area contributed by atoms with Gasteiger partial charge in [-0.15, -0.1) is 0 Å². The molecular formula is C17H27ClN2O. The zero-order valence-electron chi connectivity index (χ0n) is 13.1. The maximum absolute atomic E-state index is 9.29. The van der Waals surface area contributed by atoms with Crippen LogP contribution in [0.5, 0.6) is 0 Å². The number of halogens is 1. The summed E-state index contributed by atoms with van der Waals surface area (Å²) in [5, 5.41) is 13.5. The monoisotopic (exact) mass is 310 g/mol. The first-order chi connectivity index (χ1) is 10.1. The third kappa shape index (κ3) is 4.60. The lowest BCUT2D eigenvalue weighted by atomic mass is 9.91. The van der Waals surface area contributed by atoms with Crippen molar-refractivity contribution in [3.63, 3.8) is 0 Å². The quantitative estimate of drug-likeness (QED) is 0.772. The SMILES string of the molecule is CC(C)CNCc1ccc(N(CCO)C2CCC2)c(Cl)c1. The van der Waals surface area contributed by atoms with Crippen LogP contribution in [0, 0.1) is 5.92 Å². The number of rotatable bonds is 8. The summed E-state index contributed by atoms with van der Waals surface area (Å²) in [5.74, 6) is 0.651. The Balaban J connectivity index is 2.02. The van der Waals surface area contributed by atoms with Crippen LogP contribution in [-0.4, -0.2) is 30.8 Å². The topological polar surface area (TPSA) is 35.5 Å². The van der Waals surface area contributed by atoms with Crippen LogP contribution in [-0.2, 0) is 6.54 Å². The molecular weight excluding hydrogens is 284 g/mol. The number of hydrogen-bond acceptors (Lipinski definition) is 3. The standard InChI is InChI=1S/C17H27ClN2O/c1-13(2)11-19-12-14-6-7-17(16(18)10-14)20(8-9-21)15-4-3-5-15/h6-7,10,13,15,19,21H,3-5,8-9,11-12H2,1-2H3. The Hall–Kier alpha value is -0.770. The first-order valence-electron chi connectivity index (χ1n) is 7.98. The Morgan fingerprint density at radius 1 is 1.38 bits per heavy atom. The van der Waals surface area contributed by atoms with Gasteiger partial charge in [0, 0.05) is 19.1 Å². The van der Waals surface area contributed by atoms with Gasteiger partial charge in [0.15, 0.2) is 0 Å². The molecule has 0 bridgehead atoms. The molecule has 1 aliphatic rings. The van der Waals surface area contributed by atoms with Crippen LogP contribution in [0.25, 0.3) is 0 Å². The maximum atomic E-state index is 9.29. The molecule has 21 heavy (non-hydrogen) atoms. The van der Waals surface area contributed by atoms with Gasteiger partial charge in [-0.05, 0) is 49.4 Å². The summed E-state index contributed by atoms with van der Waals surface area (Å²) in [6.07, 6.45) is 3.68. The summed E-state index contributed by atoms with van der Waals surface area (Å²) in [6, 6.07) is 6.83. The van der Waals surface area contributed by atoms with Gasteiger partial charge in [-0.3, -0.25) is 0 Å². The predicted octanol–water partition coefficient (Wildman–Crippen LogP) is 3.44. The number of hydrogen-bond donors (Lipinski definition) is 2. The van der Waals surface area contributed by atoms with E-state index in [1.807, 2.05) is 6.07 Å². The molecule has 1 fully saturated rings. The van der Waals surface area contributed by atoms with Crippen LogP contribution in [0.15, 0.2) is 18.2 Å². The van der Waals surface area contributed by atoms with E-state index in [0.717, 1.165) is 23.8 Å². The lowest BCUT2D eigenvalue weighted by molar-refractivity contribution is 0.283. The van der Waals surface area contributed by atoms with E-state index in [0.29, 0.717) is 18.5 Å². The molecule has 3 nitrogen and oxygen atoms in total. The summed E-state index contributed by atoms with van der Waals surface area (Å²) in [7, 11) is 0. The van der Waals surface area contributed by atoms with Crippen LogP contribution in [0.2, 0.25) is 5.02 Å². The summed E-state index contributed by atoms with van der Waals surface area (Å²) in [4.78, 5) is 2.26. The number of benzene rings is 1. The lowest BCUT2D eigenvalue weighted by Crippen LogP contribution is -2.42. The Morgan fingerprint density at radius 2 is 2.14 bits per heavy atom. The molecule has 0 unspecified atom stereocenters. The van der Waals surface area contributed by atoms with E-state index in [4.69, 9.17) is 11.6 Å². The van der Waals surface area contributed by atoms with E-state index in [2.05, 4.69) is 36.2 Å². The minimum absolute atomic E-state index is 0.171. The van der Waals surface area contributed by atoms with Crippen LogP contribution in [0.3, 0.4) is 0 Å². The molecule has 1 aromatic carbocycles. The highest BCUT2D eigenvalue weighted by Crippen LogP contribution is 2.34. The highest BCUT2D eigenvalue weighted by atomic mass is 35.5. The maximum Gasteiger partial charge on any atom is 0.0642 e. The second kappa shape index (κ2) is 8.02. The number of aliphatic hydroxyl groups excluding tert-OH is 1. The molecule has 0 atom stereocenters. The van der Waals surface area contributed by atoms with Gasteiger partial charge in [-0.2, -0.15) is 0 Å². The average Bonchev–Trinajstić information content (AvgIpc) is 2.36. The van der Waals surface area contributed by atoms with Gasteiger partial charge in [-0.1, -0.05) is 31.5 Å². The van der Waals surface area contributed by atoms with Gasteiger partial charge in [0.05, 0.1) is 17.3 Å². The van der Waals surface area contributed by atoms with Gasteiger partial charge in [0.1, 0.15) is 0 Å². The Morgan fingerprint density at radius 3 is 2.67 bits per heavy atom. The zero-order valence-corrected chi connectivity index (χ0v) is 13.9. The first-order valence-corrected chi connectivity index (χ1v) is 8.36. The minimum atomic E-state index is 0.171. The molecule has 118 valence electrons. The average molecular weight is 311 g/mol. The van der Waals surface area contributed by atoms with Crippen molar-refractivity contribution < 1.29 is 5.11 Å². The van der Waals surface area contributed by atoms with Gasteiger partial charge in [0.2, 0.25) is 0 Å². The predicted molar refractivity (Wildman–Crippen MR) is 90.1 cm³/mol. The van der Waals surface area contributed by atoms with Crippen molar-refractivity contribution in [3.8, 4) is 0 Å². The van der Waals surface area contributed by atoms with Crippen molar-refractivity contribution in [2.45, 2.75) is 45.7 Å². The largest absolute Gasteiger partial charge is 0.395 e. The summed E-state index contributed by atoms with van der Waals surface area (Å²) in [5.41, 5.74) is 2.27. The normalized spacial score (nSPS) is 15.3. The molecule has 0 aromatic heterocycles. The summed E-state index contributed by atoms with van der Waals surface area (Å²) >= 11 is 6.48. The first kappa shape index (κ1) is 16.6. The van der Waals surface area contributed by atoms with E-state index in [1.165, 1.54) is 24.8 Å². The molecule has 1 aliphatic carbocycles. The van der Waals surface area contributed by atoms with E-state index in [1.54, 1.807) is 0 Å². The van der Waals surface area contributed by atoms with Gasteiger partial charge in [0.25, 0.3) is 0 Å². The molecule has 0 heterocycles. The Kier molecular flexibility index (Phi) is 6.34. The smallest absolute Gasteiger partial charge is 0.0642 e. The highest BCUT2D eigenvalue weighted by Gasteiger charge is 2.26. The van der Waals surface area contributed by atoms with Crippen molar-refractivity contribution in [3.05, 3.63) is 28.8 Å². The number of nitrogens with zero attached hydrogens (tertiary/aromatic N) is 1. The fourth-order valence-electron chi connectivity index (χ4n) is 2.70. The van der Waals surface area contributed by atoms with E-state index in [-0.39, 0.29) is 6.61 Å². The van der Waals surface area contributed by atoms with Gasteiger partial charge in [-0.25, -0.2) is 0 Å². The molecule has 0 saturated heterocycles. The van der Waals surface area contributed by atoms with Crippen molar-refractivity contribution in [1.82, 2.24) is 5.32 Å². The van der Waals surface area contributed by atoms with Gasteiger partial charge >= 0.3 is 0 Å². The minimum Gasteiger partial charge on any atom is -0.395 e. The van der Waals surface area contributed by atoms with Crippen LogP contribution >= 0.6 is 11.6 Å². The molecule has 0 aliphatic heterocycles. The Labute approximate surface area is 133 Å². The third-order valence-electron chi connectivity index (χ3n) is 4.06. The number of nitrogens with one attached hydrogen (secondary N) is 1. The number of aliphatic hydroxyl groups is 1. The van der Waals surface area contributed by atoms with Crippen molar-refractivity contribution in [2.75, 3.05) is 24.6 Å². The van der Waals surface area contributed by atoms with Crippen LogP contribution < -0.4 is 10.2 Å². The van der Waals surface area contributed by atoms with Crippen LogP contribution in [0.4, 0.5) is 5.69 Å². The summed E-state index contributed by atoms with van der Waals surface area (Å²) in [6.45, 7) is 7.10. The Bertz CT molecular complexity index is 446. The lowest BCUT2D eigenvalue weighted by Gasteiger charge is -2.39. The fraction of sp³-hybridized carbons (Fsp3) is 0.647. The molecule has 2 rings (SSSR count). The molecule has 1 saturated carbocycles. The fourth-order valence-corrected chi connectivity index (χ4v) is 3.02. The van der Waals surface area contributed by atoms with Crippen molar-refractivity contribution >= 4 is 17.3 Å². The second-order valence-corrected chi connectivity index (χ2v) is 6.72. The third-order valence-corrected chi connectivity index (χ3v) is 4.36. The summed E-state index contributed by atoms with van der Waals surface area (Å²) < 4.78 is 0. The molecule has 4 heteroatoms. The van der Waals surface area contributed by atoms with E-state index in [9.17, 15) is 5.11 Å². The molecule has 2 N–H and O–H groups in total. The number of anilines is 1. The van der Waals surface area contributed by atoms with Crippen LogP contribution in [0.1, 0.15) is 38.7 Å². The zero-order chi connectivity index (χ0) is 15.2. The second-order valence-electron chi connectivity index (χ2n) is 6.31. The molecule has 1 aromatic rings. The highest BCUT2D eigenvalue weighted by molar-refractivity contribution is 6.33. The van der Waals surface area contributed by atoms with Crippen molar-refractivity contribution in [2.24, 2.45) is 5.92 Å². The molecule has 0 spiro atoms. The van der Waals surface area contributed by atoms with Gasteiger partial charge < -0.3 is 15.3 Å². The molecule has 0 amide bonds. The molecule has 0 radical (unpaired) electrons.